The number of thiophene rings is 1. The van der Waals surface area contributed by atoms with Gasteiger partial charge < -0.3 is 10.6 Å². The van der Waals surface area contributed by atoms with Crippen molar-refractivity contribution in [2.45, 2.75) is 19.9 Å². The molecule has 0 aromatic carbocycles. The Labute approximate surface area is 93.9 Å². The second-order valence-electron chi connectivity index (χ2n) is 4.26. The number of hydrogen-bond donors (Lipinski definition) is 1. The molecule has 0 spiro atoms. The SMILES string of the molecule is Cc1ccc(C(=O)N2CC(C)C(N)C2)s1. The van der Waals surface area contributed by atoms with Crippen molar-refractivity contribution in [1.82, 2.24) is 4.90 Å². The van der Waals surface area contributed by atoms with Crippen LogP contribution in [0.4, 0.5) is 0 Å². The van der Waals surface area contributed by atoms with Gasteiger partial charge in [-0.1, -0.05) is 6.92 Å². The van der Waals surface area contributed by atoms with Crippen LogP contribution >= 0.6 is 11.3 Å². The predicted molar refractivity (Wildman–Crippen MR) is 62.1 cm³/mol. The first kappa shape index (κ1) is 10.6. The first-order chi connectivity index (χ1) is 7.08. The molecule has 0 saturated carbocycles. The number of hydrogen-bond acceptors (Lipinski definition) is 3. The van der Waals surface area contributed by atoms with Crippen LogP contribution in [0.2, 0.25) is 0 Å². The van der Waals surface area contributed by atoms with Gasteiger partial charge in [-0.2, -0.15) is 0 Å². The van der Waals surface area contributed by atoms with Gasteiger partial charge in [-0.15, -0.1) is 11.3 Å². The highest BCUT2D eigenvalue weighted by Crippen LogP contribution is 2.21. The summed E-state index contributed by atoms with van der Waals surface area (Å²) in [6.07, 6.45) is 0. The first-order valence-corrected chi connectivity index (χ1v) is 6.01. The average Bonchev–Trinajstić information content (AvgIpc) is 2.74. The summed E-state index contributed by atoms with van der Waals surface area (Å²) in [5, 5.41) is 0. The monoisotopic (exact) mass is 224 g/mol. The summed E-state index contributed by atoms with van der Waals surface area (Å²) in [5.41, 5.74) is 5.90. The van der Waals surface area contributed by atoms with Crippen molar-refractivity contribution < 1.29 is 4.79 Å². The molecule has 1 aromatic rings. The molecular weight excluding hydrogens is 208 g/mol. The van der Waals surface area contributed by atoms with E-state index in [1.165, 1.54) is 4.88 Å². The number of rotatable bonds is 1. The van der Waals surface area contributed by atoms with Crippen LogP contribution in [0.15, 0.2) is 12.1 Å². The summed E-state index contributed by atoms with van der Waals surface area (Å²) in [7, 11) is 0. The zero-order valence-corrected chi connectivity index (χ0v) is 9.88. The van der Waals surface area contributed by atoms with Crippen LogP contribution in [-0.2, 0) is 0 Å². The van der Waals surface area contributed by atoms with E-state index in [9.17, 15) is 4.79 Å². The molecule has 1 aromatic heterocycles. The molecule has 4 heteroatoms. The van der Waals surface area contributed by atoms with E-state index in [-0.39, 0.29) is 11.9 Å². The number of carbonyl (C=O) groups is 1. The maximum absolute atomic E-state index is 12.0. The first-order valence-electron chi connectivity index (χ1n) is 5.19. The van der Waals surface area contributed by atoms with Gasteiger partial charge in [0.05, 0.1) is 4.88 Å². The molecule has 2 N–H and O–H groups in total. The molecule has 0 radical (unpaired) electrons. The summed E-state index contributed by atoms with van der Waals surface area (Å²) >= 11 is 1.55. The van der Waals surface area contributed by atoms with Crippen LogP contribution in [0.5, 0.6) is 0 Å². The molecule has 0 bridgehead atoms. The highest BCUT2D eigenvalue weighted by atomic mass is 32.1. The molecule has 1 amide bonds. The second kappa shape index (κ2) is 3.94. The highest BCUT2D eigenvalue weighted by molar-refractivity contribution is 7.13. The summed E-state index contributed by atoms with van der Waals surface area (Å²) in [4.78, 5) is 15.9. The van der Waals surface area contributed by atoms with Crippen molar-refractivity contribution in [3.05, 3.63) is 21.9 Å². The second-order valence-corrected chi connectivity index (χ2v) is 5.55. The lowest BCUT2D eigenvalue weighted by molar-refractivity contribution is 0.0791. The number of nitrogens with two attached hydrogens (primary N) is 1. The van der Waals surface area contributed by atoms with Gasteiger partial charge >= 0.3 is 0 Å². The summed E-state index contributed by atoms with van der Waals surface area (Å²) in [6.45, 7) is 5.59. The van der Waals surface area contributed by atoms with Crippen molar-refractivity contribution >= 4 is 17.2 Å². The maximum atomic E-state index is 12.0. The fourth-order valence-corrected chi connectivity index (χ4v) is 2.70. The summed E-state index contributed by atoms with van der Waals surface area (Å²) in [5.74, 6) is 0.544. The van der Waals surface area contributed by atoms with Crippen LogP contribution in [0.25, 0.3) is 0 Å². The normalized spacial score (nSPS) is 25.9. The number of likely N-dealkylation sites (tertiary alicyclic amines) is 1. The van der Waals surface area contributed by atoms with Gasteiger partial charge in [0, 0.05) is 24.0 Å². The smallest absolute Gasteiger partial charge is 0.263 e. The molecule has 1 aliphatic heterocycles. The van der Waals surface area contributed by atoms with Gasteiger partial charge in [0.25, 0.3) is 5.91 Å². The van der Waals surface area contributed by atoms with E-state index >= 15 is 0 Å². The molecular formula is C11H16N2OS. The lowest BCUT2D eigenvalue weighted by Gasteiger charge is -2.14. The predicted octanol–water partition coefficient (Wildman–Crippen LogP) is 1.48. The Hall–Kier alpha value is -0.870. The standard InChI is InChI=1S/C11H16N2OS/c1-7-5-13(6-9(7)12)11(14)10-4-3-8(2)15-10/h3-4,7,9H,5-6,12H2,1-2H3. The largest absolute Gasteiger partial charge is 0.336 e. The Bertz CT molecular complexity index is 364. The Morgan fingerprint density at radius 1 is 1.53 bits per heavy atom. The Morgan fingerprint density at radius 3 is 2.73 bits per heavy atom. The third-order valence-electron chi connectivity index (χ3n) is 2.91. The van der Waals surface area contributed by atoms with Gasteiger partial charge in [-0.3, -0.25) is 4.79 Å². The van der Waals surface area contributed by atoms with Gasteiger partial charge in [-0.05, 0) is 25.0 Å². The van der Waals surface area contributed by atoms with Crippen molar-refractivity contribution in [2.75, 3.05) is 13.1 Å². The fourth-order valence-electron chi connectivity index (χ4n) is 1.86. The van der Waals surface area contributed by atoms with E-state index in [1.54, 1.807) is 11.3 Å². The molecule has 0 aliphatic carbocycles. The van der Waals surface area contributed by atoms with E-state index in [0.29, 0.717) is 12.5 Å². The summed E-state index contributed by atoms with van der Waals surface area (Å²) < 4.78 is 0. The Balaban J connectivity index is 2.10. The third kappa shape index (κ3) is 2.06. The van der Waals surface area contributed by atoms with Crippen LogP contribution in [-0.4, -0.2) is 29.9 Å². The van der Waals surface area contributed by atoms with Crippen molar-refractivity contribution in [3.8, 4) is 0 Å². The highest BCUT2D eigenvalue weighted by Gasteiger charge is 2.30. The molecule has 2 heterocycles. The molecule has 2 unspecified atom stereocenters. The van der Waals surface area contributed by atoms with E-state index in [1.807, 2.05) is 24.0 Å². The molecule has 1 fully saturated rings. The van der Waals surface area contributed by atoms with Gasteiger partial charge in [-0.25, -0.2) is 0 Å². The van der Waals surface area contributed by atoms with Crippen LogP contribution in [0, 0.1) is 12.8 Å². The zero-order valence-electron chi connectivity index (χ0n) is 9.06. The van der Waals surface area contributed by atoms with E-state index in [2.05, 4.69) is 6.92 Å². The lowest BCUT2D eigenvalue weighted by Crippen LogP contribution is -2.31. The van der Waals surface area contributed by atoms with Crippen molar-refractivity contribution in [3.63, 3.8) is 0 Å². The zero-order chi connectivity index (χ0) is 11.0. The van der Waals surface area contributed by atoms with Crippen molar-refractivity contribution in [1.29, 1.82) is 0 Å². The molecule has 3 nitrogen and oxygen atoms in total. The van der Waals surface area contributed by atoms with Gasteiger partial charge in [0.15, 0.2) is 0 Å². The molecule has 1 aliphatic rings. The maximum Gasteiger partial charge on any atom is 0.263 e. The lowest BCUT2D eigenvalue weighted by atomic mass is 10.1. The van der Waals surface area contributed by atoms with E-state index in [4.69, 9.17) is 5.73 Å². The molecule has 2 rings (SSSR count). The molecule has 1 saturated heterocycles. The van der Waals surface area contributed by atoms with Gasteiger partial charge in [0.2, 0.25) is 0 Å². The van der Waals surface area contributed by atoms with Crippen LogP contribution in [0.1, 0.15) is 21.5 Å². The molecule has 2 atom stereocenters. The van der Waals surface area contributed by atoms with Crippen LogP contribution in [0.3, 0.4) is 0 Å². The van der Waals surface area contributed by atoms with Gasteiger partial charge in [0.1, 0.15) is 0 Å². The third-order valence-corrected chi connectivity index (χ3v) is 3.90. The van der Waals surface area contributed by atoms with E-state index < -0.39 is 0 Å². The molecule has 15 heavy (non-hydrogen) atoms. The number of aryl methyl sites for hydroxylation is 1. The summed E-state index contributed by atoms with van der Waals surface area (Å²) in [6, 6.07) is 4.02. The minimum absolute atomic E-state index is 0.132. The minimum atomic E-state index is 0.132. The number of amides is 1. The minimum Gasteiger partial charge on any atom is -0.336 e. The van der Waals surface area contributed by atoms with E-state index in [0.717, 1.165) is 11.4 Å². The molecule has 82 valence electrons. The number of nitrogens with zero attached hydrogens (tertiary/aromatic N) is 1. The van der Waals surface area contributed by atoms with Crippen molar-refractivity contribution in [2.24, 2.45) is 11.7 Å². The average molecular weight is 224 g/mol. The fraction of sp³-hybridized carbons (Fsp3) is 0.545. The number of carbonyl (C=O) groups excluding carboxylic acids is 1. The quantitative estimate of drug-likeness (QED) is 0.785. The topological polar surface area (TPSA) is 46.3 Å². The Kier molecular flexibility index (Phi) is 2.80. The van der Waals surface area contributed by atoms with Crippen LogP contribution < -0.4 is 5.73 Å². The Morgan fingerprint density at radius 2 is 2.27 bits per heavy atom.